The van der Waals surface area contributed by atoms with Gasteiger partial charge in [-0.3, -0.25) is 10.1 Å². The minimum atomic E-state index is -0.363. The molecule has 0 saturated carbocycles. The fraction of sp³-hybridized carbons (Fsp3) is 0.774. The van der Waals surface area contributed by atoms with Crippen molar-refractivity contribution in [3.05, 3.63) is 46.5 Å². The van der Waals surface area contributed by atoms with Gasteiger partial charge in [0.05, 0.1) is 24.7 Å². The van der Waals surface area contributed by atoms with Gasteiger partial charge < -0.3 is 14.2 Å². The van der Waals surface area contributed by atoms with E-state index in [2.05, 4.69) is 58.8 Å². The van der Waals surface area contributed by atoms with E-state index in [-0.39, 0.29) is 10.6 Å². The number of nitro groups is 1. The van der Waals surface area contributed by atoms with Gasteiger partial charge in [-0.25, -0.2) is 0 Å². The molecule has 9 heteroatoms. The fourth-order valence-corrected chi connectivity index (χ4v) is 10.8. The van der Waals surface area contributed by atoms with Crippen LogP contribution in [0.15, 0.2) is 36.4 Å². The highest BCUT2D eigenvalue weighted by molar-refractivity contribution is 7.17. The van der Waals surface area contributed by atoms with Crippen LogP contribution in [0.4, 0.5) is 5.69 Å². The van der Waals surface area contributed by atoms with E-state index in [1.54, 1.807) is 12.1 Å². The van der Waals surface area contributed by atoms with Gasteiger partial charge >= 0.3 is 0 Å². The lowest BCUT2D eigenvalue weighted by atomic mass is 9.94. The molecule has 3 rings (SSSR count). The molecule has 0 aliphatic rings. The SMILES string of the molecule is CCCCCCCCC(CCCCCC)COc1cc(-c2nnc(-c3ccc([N+](=O)[O-])cc3)s2)cc(OCC(CCCCCC)CCCCCCCC)c1OCC(CCCCCC)CCCCCCCC. The third-order valence-electron chi connectivity index (χ3n) is 14.7. The number of hydrogen-bond donors (Lipinski definition) is 0. The molecule has 3 unspecified atom stereocenters. The molecule has 404 valence electrons. The first-order valence-corrected chi connectivity index (χ1v) is 30.8. The average Bonchev–Trinajstić information content (AvgIpc) is 3.88. The van der Waals surface area contributed by atoms with Crippen LogP contribution in [0.1, 0.15) is 273 Å². The van der Waals surface area contributed by atoms with Gasteiger partial charge in [-0.1, -0.05) is 246 Å². The summed E-state index contributed by atoms with van der Waals surface area (Å²) in [4.78, 5) is 11.1. The minimum absolute atomic E-state index is 0.0631. The van der Waals surface area contributed by atoms with E-state index in [0.29, 0.717) is 37.6 Å². The topological polar surface area (TPSA) is 96.6 Å². The molecule has 1 heterocycles. The maximum absolute atomic E-state index is 11.5. The number of hydrogen-bond acceptors (Lipinski definition) is 8. The highest BCUT2D eigenvalue weighted by Crippen LogP contribution is 2.45. The predicted molar refractivity (Wildman–Crippen MR) is 305 cm³/mol. The molecule has 1 aromatic heterocycles. The summed E-state index contributed by atoms with van der Waals surface area (Å²) >= 11 is 1.50. The summed E-state index contributed by atoms with van der Waals surface area (Å²) < 4.78 is 21.5. The first-order chi connectivity index (χ1) is 34.9. The monoisotopic (exact) mass is 1000 g/mol. The molecule has 0 aliphatic heterocycles. The Balaban J connectivity index is 2.10. The summed E-state index contributed by atoms with van der Waals surface area (Å²) in [6.07, 6.45) is 45.6. The summed E-state index contributed by atoms with van der Waals surface area (Å²) in [6, 6.07) is 10.9. The zero-order chi connectivity index (χ0) is 51.0. The van der Waals surface area contributed by atoms with Crippen LogP contribution in [0.5, 0.6) is 17.2 Å². The predicted octanol–water partition coefficient (Wildman–Crippen LogP) is 20.9. The lowest BCUT2D eigenvalue weighted by Gasteiger charge is -2.24. The van der Waals surface area contributed by atoms with E-state index >= 15 is 0 Å². The molecule has 0 fully saturated rings. The molecule has 0 saturated heterocycles. The van der Waals surface area contributed by atoms with Gasteiger partial charge in [0.1, 0.15) is 10.0 Å². The van der Waals surface area contributed by atoms with E-state index in [1.165, 1.54) is 255 Å². The fourth-order valence-electron chi connectivity index (χ4n) is 10.0. The second-order valence-corrected chi connectivity index (χ2v) is 22.2. The molecule has 71 heavy (non-hydrogen) atoms. The van der Waals surface area contributed by atoms with Crippen LogP contribution in [-0.4, -0.2) is 34.9 Å². The third-order valence-corrected chi connectivity index (χ3v) is 15.7. The molecule has 0 aliphatic carbocycles. The van der Waals surface area contributed by atoms with E-state index < -0.39 is 0 Å². The summed E-state index contributed by atoms with van der Waals surface area (Å²) in [5.41, 5.74) is 1.78. The average molecular weight is 1000 g/mol. The number of unbranched alkanes of at least 4 members (excludes halogenated alkanes) is 24. The van der Waals surface area contributed by atoms with Gasteiger partial charge in [0.25, 0.3) is 5.69 Å². The van der Waals surface area contributed by atoms with Gasteiger partial charge in [0, 0.05) is 23.3 Å². The largest absolute Gasteiger partial charge is 0.489 e. The van der Waals surface area contributed by atoms with Crippen LogP contribution in [0.25, 0.3) is 21.1 Å². The minimum Gasteiger partial charge on any atom is -0.489 e. The normalized spacial score (nSPS) is 12.8. The van der Waals surface area contributed by atoms with Crippen molar-refractivity contribution in [2.75, 3.05) is 19.8 Å². The van der Waals surface area contributed by atoms with Crippen molar-refractivity contribution in [3.8, 4) is 38.4 Å². The molecule has 3 aromatic rings. The molecular weight excluding hydrogens is 899 g/mol. The van der Waals surface area contributed by atoms with Crippen molar-refractivity contribution in [1.29, 1.82) is 0 Å². The van der Waals surface area contributed by atoms with Gasteiger partial charge in [0.15, 0.2) is 11.5 Å². The number of nitro benzene ring substituents is 1. The molecule has 0 radical (unpaired) electrons. The van der Waals surface area contributed by atoms with Crippen molar-refractivity contribution in [1.82, 2.24) is 10.2 Å². The van der Waals surface area contributed by atoms with E-state index in [1.807, 2.05) is 0 Å². The lowest BCUT2D eigenvalue weighted by Crippen LogP contribution is -2.17. The van der Waals surface area contributed by atoms with Crippen molar-refractivity contribution in [2.45, 2.75) is 273 Å². The summed E-state index contributed by atoms with van der Waals surface area (Å²) in [7, 11) is 0. The zero-order valence-corrected chi connectivity index (χ0v) is 47.4. The molecule has 0 bridgehead atoms. The van der Waals surface area contributed by atoms with Crippen molar-refractivity contribution < 1.29 is 19.1 Å². The van der Waals surface area contributed by atoms with Gasteiger partial charge in [-0.2, -0.15) is 0 Å². The number of ether oxygens (including phenoxy) is 3. The summed E-state index contributed by atoms with van der Waals surface area (Å²) in [5.74, 6) is 3.68. The molecular formula is C62H105N3O5S. The second-order valence-electron chi connectivity index (χ2n) is 21.3. The smallest absolute Gasteiger partial charge is 0.269 e. The first kappa shape index (κ1) is 62.1. The van der Waals surface area contributed by atoms with Crippen molar-refractivity contribution in [2.24, 2.45) is 17.8 Å². The number of benzene rings is 2. The number of nitrogens with zero attached hydrogens (tertiary/aromatic N) is 3. The molecule has 2 aromatic carbocycles. The van der Waals surface area contributed by atoms with Gasteiger partial charge in [-0.15, -0.1) is 10.2 Å². The van der Waals surface area contributed by atoms with Crippen LogP contribution < -0.4 is 14.2 Å². The molecule has 0 spiro atoms. The Labute approximate surface area is 439 Å². The third kappa shape index (κ3) is 27.6. The zero-order valence-electron chi connectivity index (χ0n) is 46.6. The van der Waals surface area contributed by atoms with Crippen molar-refractivity contribution in [3.63, 3.8) is 0 Å². The van der Waals surface area contributed by atoms with Gasteiger partial charge in [-0.05, 0) is 80.5 Å². The quantitative estimate of drug-likeness (QED) is 0.0316. The summed E-state index contributed by atoms with van der Waals surface area (Å²) in [5, 5.41) is 22.3. The standard InChI is InChI=1S/C62H105N3O5S/c1-7-13-19-25-28-34-40-52(37-31-22-16-10-4)49-68-58-47-56(62-64-63-61(71-62)55-43-45-57(46-44-55)65(66)67)48-59(69-50-53(38-32-23-17-11-5)41-35-29-26-20-14-8-2)60(58)70-51-54(39-33-24-18-12-6)42-36-30-27-21-15-9-3/h43-48,52-54H,7-42,49-51H2,1-6H3. The maximum Gasteiger partial charge on any atom is 0.269 e. The van der Waals surface area contributed by atoms with E-state index in [9.17, 15) is 10.1 Å². The first-order valence-electron chi connectivity index (χ1n) is 30.0. The molecule has 0 amide bonds. The second kappa shape index (κ2) is 41.2. The van der Waals surface area contributed by atoms with Gasteiger partial charge in [0.2, 0.25) is 5.75 Å². The van der Waals surface area contributed by atoms with E-state index in [4.69, 9.17) is 19.3 Å². The Bertz CT molecular complexity index is 1670. The lowest BCUT2D eigenvalue weighted by molar-refractivity contribution is -0.384. The van der Waals surface area contributed by atoms with Crippen LogP contribution in [0.2, 0.25) is 0 Å². The highest BCUT2D eigenvalue weighted by Gasteiger charge is 2.23. The Morgan fingerprint density at radius 3 is 1.06 bits per heavy atom. The number of rotatable bonds is 48. The van der Waals surface area contributed by atoms with Crippen LogP contribution in [0.3, 0.4) is 0 Å². The van der Waals surface area contributed by atoms with Crippen LogP contribution in [-0.2, 0) is 0 Å². The van der Waals surface area contributed by atoms with E-state index in [0.717, 1.165) is 38.4 Å². The number of non-ortho nitro benzene ring substituents is 1. The Kier molecular flexibility index (Phi) is 36.0. The Morgan fingerprint density at radius 2 is 0.718 bits per heavy atom. The van der Waals surface area contributed by atoms with Crippen LogP contribution >= 0.6 is 11.3 Å². The maximum atomic E-state index is 11.5. The molecule has 8 nitrogen and oxygen atoms in total. The highest BCUT2D eigenvalue weighted by atomic mass is 32.1. The van der Waals surface area contributed by atoms with Crippen molar-refractivity contribution >= 4 is 17.0 Å². The Morgan fingerprint density at radius 1 is 0.423 bits per heavy atom. The summed E-state index contributed by atoms with van der Waals surface area (Å²) in [6.45, 7) is 15.7. The number of aromatic nitrogens is 2. The van der Waals surface area contributed by atoms with Crippen LogP contribution in [0, 0.1) is 27.9 Å². The Hall–Kier alpha value is -3.20. The molecule has 3 atom stereocenters. The molecule has 0 N–H and O–H groups in total.